The summed E-state index contributed by atoms with van der Waals surface area (Å²) in [4.78, 5) is 2.72. The predicted molar refractivity (Wildman–Crippen MR) is 85.4 cm³/mol. The Morgan fingerprint density at radius 3 is 2.43 bits per heavy atom. The summed E-state index contributed by atoms with van der Waals surface area (Å²) in [6, 6.07) is 5.97. The second-order valence-corrected chi connectivity index (χ2v) is 8.40. The summed E-state index contributed by atoms with van der Waals surface area (Å²) < 4.78 is 27.8. The van der Waals surface area contributed by atoms with Gasteiger partial charge in [0.25, 0.3) is 0 Å². The number of hydrogen-bond donors (Lipinski definition) is 1. The number of benzene rings is 1. The molecular formula is C14H20BrN3O2S. The molecule has 1 saturated heterocycles. The molecule has 1 aliphatic carbocycles. The zero-order valence-corrected chi connectivity index (χ0v) is 14.2. The topological polar surface area (TPSA) is 66.6 Å². The maximum atomic E-state index is 12.8. The summed E-state index contributed by atoms with van der Waals surface area (Å²) >= 11 is 3.35. The molecule has 5 nitrogen and oxygen atoms in total. The number of hydrogen-bond acceptors (Lipinski definition) is 4. The van der Waals surface area contributed by atoms with Crippen LogP contribution < -0.4 is 5.73 Å². The highest BCUT2D eigenvalue weighted by molar-refractivity contribution is 9.10. The summed E-state index contributed by atoms with van der Waals surface area (Å²) in [5, 5.41) is 0. The first-order chi connectivity index (χ1) is 10.0. The van der Waals surface area contributed by atoms with Crippen LogP contribution >= 0.6 is 15.9 Å². The predicted octanol–water partition coefficient (Wildman–Crippen LogP) is 1.38. The van der Waals surface area contributed by atoms with Crippen molar-refractivity contribution in [3.05, 3.63) is 28.2 Å². The van der Waals surface area contributed by atoms with E-state index in [-0.39, 0.29) is 0 Å². The SMILES string of the molecule is NCc1ccc(Br)c(S(=O)(=O)N2CCN(C3CC3)CC2)c1. The molecule has 0 atom stereocenters. The van der Waals surface area contributed by atoms with Crippen molar-refractivity contribution in [3.63, 3.8) is 0 Å². The van der Waals surface area contributed by atoms with Crippen molar-refractivity contribution >= 4 is 26.0 Å². The molecule has 1 saturated carbocycles. The lowest BCUT2D eigenvalue weighted by atomic mass is 10.2. The van der Waals surface area contributed by atoms with E-state index in [2.05, 4.69) is 20.8 Å². The Morgan fingerprint density at radius 2 is 1.86 bits per heavy atom. The Kier molecular flexibility index (Phi) is 4.38. The van der Waals surface area contributed by atoms with Gasteiger partial charge in [0.05, 0.1) is 4.90 Å². The third-order valence-corrected chi connectivity index (χ3v) is 7.08. The number of halogens is 1. The van der Waals surface area contributed by atoms with E-state index in [0.717, 1.165) is 18.7 Å². The molecule has 2 N–H and O–H groups in total. The van der Waals surface area contributed by atoms with E-state index in [1.165, 1.54) is 12.8 Å². The van der Waals surface area contributed by atoms with Crippen molar-refractivity contribution in [2.45, 2.75) is 30.3 Å². The van der Waals surface area contributed by atoms with Crippen LogP contribution in [-0.4, -0.2) is 49.8 Å². The molecule has 0 unspecified atom stereocenters. The molecule has 1 aromatic carbocycles. The molecule has 0 amide bonds. The molecular weight excluding hydrogens is 354 g/mol. The Bertz CT molecular complexity index is 623. The largest absolute Gasteiger partial charge is 0.326 e. The van der Waals surface area contributed by atoms with Gasteiger partial charge in [0.15, 0.2) is 0 Å². The Hall–Kier alpha value is -0.470. The molecule has 1 aromatic rings. The van der Waals surface area contributed by atoms with Gasteiger partial charge in [-0.3, -0.25) is 4.90 Å². The summed E-state index contributed by atoms with van der Waals surface area (Å²) in [6.45, 7) is 3.14. The number of nitrogens with zero attached hydrogens (tertiary/aromatic N) is 2. The lowest BCUT2D eigenvalue weighted by Crippen LogP contribution is -2.49. The molecule has 0 bridgehead atoms. The van der Waals surface area contributed by atoms with Gasteiger partial charge in [-0.15, -0.1) is 0 Å². The van der Waals surface area contributed by atoms with Crippen LogP contribution in [0.4, 0.5) is 0 Å². The molecule has 2 aliphatic rings. The first kappa shape index (κ1) is 15.4. The Labute approximate surface area is 134 Å². The van der Waals surface area contributed by atoms with Crippen LogP contribution in [0.5, 0.6) is 0 Å². The van der Waals surface area contributed by atoms with Crippen LogP contribution in [0, 0.1) is 0 Å². The van der Waals surface area contributed by atoms with Crippen molar-refractivity contribution in [2.75, 3.05) is 26.2 Å². The lowest BCUT2D eigenvalue weighted by molar-refractivity contribution is 0.180. The monoisotopic (exact) mass is 373 g/mol. The second-order valence-electron chi connectivity index (χ2n) is 5.64. The van der Waals surface area contributed by atoms with E-state index in [1.807, 2.05) is 6.07 Å². The molecule has 21 heavy (non-hydrogen) atoms. The molecule has 7 heteroatoms. The van der Waals surface area contributed by atoms with Crippen molar-refractivity contribution in [2.24, 2.45) is 5.73 Å². The summed E-state index contributed by atoms with van der Waals surface area (Å²) in [5.41, 5.74) is 6.45. The summed E-state index contributed by atoms with van der Waals surface area (Å²) in [6.07, 6.45) is 2.52. The van der Waals surface area contributed by atoms with Crippen LogP contribution in [0.2, 0.25) is 0 Å². The van der Waals surface area contributed by atoms with E-state index < -0.39 is 10.0 Å². The fourth-order valence-electron chi connectivity index (χ4n) is 2.76. The van der Waals surface area contributed by atoms with E-state index in [9.17, 15) is 8.42 Å². The average Bonchev–Trinajstić information content (AvgIpc) is 3.32. The standard InChI is InChI=1S/C14H20BrN3O2S/c15-13-4-1-11(10-16)9-14(13)21(19,20)18-7-5-17(6-8-18)12-2-3-12/h1,4,9,12H,2-3,5-8,10,16H2. The van der Waals surface area contributed by atoms with Gasteiger partial charge in [0.2, 0.25) is 10.0 Å². The highest BCUT2D eigenvalue weighted by Crippen LogP contribution is 2.30. The summed E-state index contributed by atoms with van der Waals surface area (Å²) in [5.74, 6) is 0. The maximum Gasteiger partial charge on any atom is 0.244 e. The third-order valence-electron chi connectivity index (χ3n) is 4.19. The van der Waals surface area contributed by atoms with Crippen LogP contribution in [0.1, 0.15) is 18.4 Å². The second kappa shape index (κ2) is 5.96. The van der Waals surface area contributed by atoms with Gasteiger partial charge in [-0.1, -0.05) is 6.07 Å². The average molecular weight is 374 g/mol. The normalized spacial score (nSPS) is 21.6. The van der Waals surface area contributed by atoms with Crippen LogP contribution in [0.25, 0.3) is 0 Å². The van der Waals surface area contributed by atoms with E-state index in [0.29, 0.717) is 35.0 Å². The molecule has 3 rings (SSSR count). The summed E-state index contributed by atoms with van der Waals surface area (Å²) in [7, 11) is -3.45. The van der Waals surface area contributed by atoms with E-state index in [1.54, 1.807) is 16.4 Å². The maximum absolute atomic E-state index is 12.8. The van der Waals surface area contributed by atoms with Crippen LogP contribution in [0.15, 0.2) is 27.6 Å². The number of piperazine rings is 1. The van der Waals surface area contributed by atoms with E-state index in [4.69, 9.17) is 5.73 Å². The molecule has 2 fully saturated rings. The molecule has 0 aromatic heterocycles. The highest BCUT2D eigenvalue weighted by Gasteiger charge is 2.35. The number of nitrogens with two attached hydrogens (primary N) is 1. The third kappa shape index (κ3) is 3.17. The quantitative estimate of drug-likeness (QED) is 0.865. The molecule has 116 valence electrons. The first-order valence-electron chi connectivity index (χ1n) is 7.25. The highest BCUT2D eigenvalue weighted by atomic mass is 79.9. The van der Waals surface area contributed by atoms with Crippen LogP contribution in [0.3, 0.4) is 0 Å². The van der Waals surface area contributed by atoms with Gasteiger partial charge in [-0.05, 0) is 46.5 Å². The van der Waals surface area contributed by atoms with Gasteiger partial charge in [-0.25, -0.2) is 8.42 Å². The zero-order chi connectivity index (χ0) is 15.0. The van der Waals surface area contributed by atoms with Crippen molar-refractivity contribution in [1.82, 2.24) is 9.21 Å². The molecule has 1 aliphatic heterocycles. The minimum atomic E-state index is -3.45. The van der Waals surface area contributed by atoms with Gasteiger partial charge in [0, 0.05) is 43.2 Å². The van der Waals surface area contributed by atoms with Crippen molar-refractivity contribution < 1.29 is 8.42 Å². The van der Waals surface area contributed by atoms with Gasteiger partial charge in [-0.2, -0.15) is 4.31 Å². The zero-order valence-electron chi connectivity index (χ0n) is 11.8. The smallest absolute Gasteiger partial charge is 0.244 e. The first-order valence-corrected chi connectivity index (χ1v) is 9.48. The van der Waals surface area contributed by atoms with Gasteiger partial charge in [0.1, 0.15) is 0 Å². The van der Waals surface area contributed by atoms with Gasteiger partial charge < -0.3 is 5.73 Å². The number of sulfonamides is 1. The number of rotatable bonds is 4. The minimum absolute atomic E-state index is 0.324. The lowest BCUT2D eigenvalue weighted by Gasteiger charge is -2.34. The molecule has 0 radical (unpaired) electrons. The molecule has 1 heterocycles. The van der Waals surface area contributed by atoms with E-state index >= 15 is 0 Å². The van der Waals surface area contributed by atoms with Gasteiger partial charge >= 0.3 is 0 Å². The Balaban J connectivity index is 1.80. The molecule has 0 spiro atoms. The fourth-order valence-corrected chi connectivity index (χ4v) is 5.16. The van der Waals surface area contributed by atoms with Crippen molar-refractivity contribution in [3.8, 4) is 0 Å². The minimum Gasteiger partial charge on any atom is -0.326 e. The Morgan fingerprint density at radius 1 is 1.19 bits per heavy atom. The fraction of sp³-hybridized carbons (Fsp3) is 0.571. The van der Waals surface area contributed by atoms with Crippen molar-refractivity contribution in [1.29, 1.82) is 0 Å². The van der Waals surface area contributed by atoms with Crippen LogP contribution in [-0.2, 0) is 16.6 Å².